The topological polar surface area (TPSA) is 41.6 Å². The van der Waals surface area contributed by atoms with Gasteiger partial charge in [0.25, 0.3) is 5.91 Å². The lowest BCUT2D eigenvalue weighted by Gasteiger charge is -2.33. The number of carbonyl (C=O) groups is 1. The molecule has 1 amide bonds. The summed E-state index contributed by atoms with van der Waals surface area (Å²) in [6.07, 6.45) is -4.98. The zero-order chi connectivity index (χ0) is 17.0. The molecule has 7 heteroatoms. The minimum Gasteiger partial charge on any atom is -0.366 e. The lowest BCUT2D eigenvalue weighted by molar-refractivity contribution is -0.147. The van der Waals surface area contributed by atoms with Gasteiger partial charge in [0.15, 0.2) is 0 Å². The van der Waals surface area contributed by atoms with Gasteiger partial charge in [-0.15, -0.1) is 0 Å². The molecule has 2 unspecified atom stereocenters. The Morgan fingerprint density at radius 1 is 1.48 bits per heavy atom. The van der Waals surface area contributed by atoms with Crippen LogP contribution in [-0.2, 0) is 15.7 Å². The Labute approximate surface area is 133 Å². The molecular weight excluding hydrogens is 309 g/mol. The van der Waals surface area contributed by atoms with Gasteiger partial charge in [-0.05, 0) is 31.5 Å². The average Bonchev–Trinajstić information content (AvgIpc) is 2.55. The molecular formula is C16H21F3N2O2. The second-order valence-corrected chi connectivity index (χ2v) is 5.49. The van der Waals surface area contributed by atoms with E-state index in [2.05, 4.69) is 5.32 Å². The largest absolute Gasteiger partial charge is 0.416 e. The summed E-state index contributed by atoms with van der Waals surface area (Å²) in [5, 5.41) is 3.08. The maximum atomic E-state index is 12.9. The monoisotopic (exact) mass is 330 g/mol. The smallest absolute Gasteiger partial charge is 0.366 e. The van der Waals surface area contributed by atoms with Gasteiger partial charge in [0.05, 0.1) is 18.2 Å². The first-order valence-corrected chi connectivity index (χ1v) is 7.64. The molecule has 2 atom stereocenters. The molecule has 0 spiro atoms. The summed E-state index contributed by atoms with van der Waals surface area (Å²) in [7, 11) is 0. The summed E-state index contributed by atoms with van der Waals surface area (Å²) >= 11 is 0. The van der Waals surface area contributed by atoms with Crippen molar-refractivity contribution in [2.75, 3.05) is 26.2 Å². The second kappa shape index (κ2) is 7.31. The molecule has 128 valence electrons. The van der Waals surface area contributed by atoms with Crippen LogP contribution in [-0.4, -0.2) is 43.2 Å². The van der Waals surface area contributed by atoms with Gasteiger partial charge in [0.2, 0.25) is 0 Å². The molecule has 1 aliphatic rings. The van der Waals surface area contributed by atoms with Gasteiger partial charge in [0, 0.05) is 19.6 Å². The highest BCUT2D eigenvalue weighted by atomic mass is 19.4. The summed E-state index contributed by atoms with van der Waals surface area (Å²) in [5.41, 5.74) is -0.250. The molecule has 1 aromatic carbocycles. The number of amides is 1. The van der Waals surface area contributed by atoms with Gasteiger partial charge in [-0.1, -0.05) is 12.1 Å². The number of nitrogens with zero attached hydrogens (tertiary/aromatic N) is 1. The fourth-order valence-corrected chi connectivity index (χ4v) is 2.68. The van der Waals surface area contributed by atoms with E-state index in [4.69, 9.17) is 4.74 Å². The molecule has 4 nitrogen and oxygen atoms in total. The first-order chi connectivity index (χ1) is 10.8. The molecule has 23 heavy (non-hydrogen) atoms. The summed E-state index contributed by atoms with van der Waals surface area (Å²) in [5.74, 6) is -0.204. The SMILES string of the molecule is CCN(C(=O)C1CNCCO1)C(C)c1cccc(C(F)(F)F)c1. The molecule has 1 saturated heterocycles. The average molecular weight is 330 g/mol. The van der Waals surface area contributed by atoms with Gasteiger partial charge in [0.1, 0.15) is 6.10 Å². The van der Waals surface area contributed by atoms with Crippen LogP contribution < -0.4 is 5.32 Å². The van der Waals surface area contributed by atoms with Crippen LogP contribution in [0.15, 0.2) is 24.3 Å². The van der Waals surface area contributed by atoms with Crippen LogP contribution in [0.4, 0.5) is 13.2 Å². The van der Waals surface area contributed by atoms with Crippen molar-refractivity contribution in [1.82, 2.24) is 10.2 Å². The molecule has 1 N–H and O–H groups in total. The number of hydrogen-bond donors (Lipinski definition) is 1. The van der Waals surface area contributed by atoms with Crippen LogP contribution in [0.5, 0.6) is 0 Å². The van der Waals surface area contributed by atoms with E-state index in [9.17, 15) is 18.0 Å². The van der Waals surface area contributed by atoms with Crippen LogP contribution in [0.3, 0.4) is 0 Å². The third-order valence-corrected chi connectivity index (χ3v) is 3.99. The Balaban J connectivity index is 2.19. The van der Waals surface area contributed by atoms with Crippen LogP contribution in [0.25, 0.3) is 0 Å². The molecule has 1 aromatic rings. The molecule has 2 rings (SSSR count). The van der Waals surface area contributed by atoms with E-state index < -0.39 is 23.9 Å². The molecule has 1 fully saturated rings. The number of halogens is 3. The molecule has 1 aliphatic heterocycles. The number of rotatable bonds is 4. The van der Waals surface area contributed by atoms with Crippen molar-refractivity contribution in [1.29, 1.82) is 0 Å². The molecule has 0 aliphatic carbocycles. The van der Waals surface area contributed by atoms with Crippen molar-refractivity contribution in [2.45, 2.75) is 32.2 Å². The molecule has 0 radical (unpaired) electrons. The molecule has 1 heterocycles. The highest BCUT2D eigenvalue weighted by Gasteiger charge is 2.33. The number of morpholine rings is 1. The number of hydrogen-bond acceptors (Lipinski definition) is 3. The Hall–Kier alpha value is -1.60. The number of likely N-dealkylation sites (N-methyl/N-ethyl adjacent to an activating group) is 1. The number of benzene rings is 1. The van der Waals surface area contributed by atoms with Crippen molar-refractivity contribution < 1.29 is 22.7 Å². The number of ether oxygens (including phenoxy) is 1. The zero-order valence-electron chi connectivity index (χ0n) is 13.2. The summed E-state index contributed by atoms with van der Waals surface area (Å²) in [4.78, 5) is 14.1. The van der Waals surface area contributed by atoms with E-state index in [1.807, 2.05) is 0 Å². The van der Waals surface area contributed by atoms with Crippen LogP contribution in [0, 0.1) is 0 Å². The Kier molecular flexibility index (Phi) is 5.64. The van der Waals surface area contributed by atoms with Crippen LogP contribution in [0.1, 0.15) is 31.0 Å². The third kappa shape index (κ3) is 4.23. The minimum absolute atomic E-state index is 0.204. The highest BCUT2D eigenvalue weighted by Crippen LogP contribution is 2.32. The summed E-state index contributed by atoms with van der Waals surface area (Å²) in [6.45, 7) is 5.50. The highest BCUT2D eigenvalue weighted by molar-refractivity contribution is 5.81. The van der Waals surface area contributed by atoms with Gasteiger partial charge < -0.3 is 15.0 Å². The number of nitrogens with one attached hydrogen (secondary N) is 1. The first-order valence-electron chi connectivity index (χ1n) is 7.64. The van der Waals surface area contributed by atoms with E-state index in [1.54, 1.807) is 24.8 Å². The second-order valence-electron chi connectivity index (χ2n) is 5.49. The normalized spacial score (nSPS) is 20.1. The maximum Gasteiger partial charge on any atom is 0.416 e. The van der Waals surface area contributed by atoms with Gasteiger partial charge >= 0.3 is 6.18 Å². The number of carbonyl (C=O) groups excluding carboxylic acids is 1. The minimum atomic E-state index is -4.40. The quantitative estimate of drug-likeness (QED) is 0.923. The lowest BCUT2D eigenvalue weighted by atomic mass is 10.0. The van der Waals surface area contributed by atoms with Crippen LogP contribution >= 0.6 is 0 Å². The van der Waals surface area contributed by atoms with Crippen molar-refractivity contribution in [3.05, 3.63) is 35.4 Å². The third-order valence-electron chi connectivity index (χ3n) is 3.99. The number of alkyl halides is 3. The fraction of sp³-hybridized carbons (Fsp3) is 0.562. The van der Waals surface area contributed by atoms with Crippen molar-refractivity contribution in [3.8, 4) is 0 Å². The van der Waals surface area contributed by atoms with Gasteiger partial charge in [-0.3, -0.25) is 4.79 Å². The van der Waals surface area contributed by atoms with E-state index in [-0.39, 0.29) is 5.91 Å². The standard InChI is InChI=1S/C16H21F3N2O2/c1-3-21(15(22)14-10-20-7-8-23-14)11(2)12-5-4-6-13(9-12)16(17,18)19/h4-6,9,11,14,20H,3,7-8,10H2,1-2H3. The molecule has 0 bridgehead atoms. The van der Waals surface area contributed by atoms with E-state index >= 15 is 0 Å². The molecule has 0 saturated carbocycles. The van der Waals surface area contributed by atoms with Crippen molar-refractivity contribution in [2.24, 2.45) is 0 Å². The van der Waals surface area contributed by atoms with E-state index in [0.29, 0.717) is 31.8 Å². The maximum absolute atomic E-state index is 12.9. The summed E-state index contributed by atoms with van der Waals surface area (Å²) < 4.78 is 44.0. The van der Waals surface area contributed by atoms with Crippen molar-refractivity contribution in [3.63, 3.8) is 0 Å². The Morgan fingerprint density at radius 2 is 2.22 bits per heavy atom. The van der Waals surface area contributed by atoms with Crippen LogP contribution in [0.2, 0.25) is 0 Å². The summed E-state index contributed by atoms with van der Waals surface area (Å²) in [6, 6.07) is 4.64. The van der Waals surface area contributed by atoms with Gasteiger partial charge in [-0.2, -0.15) is 13.2 Å². The molecule has 0 aromatic heterocycles. The van der Waals surface area contributed by atoms with Crippen molar-refractivity contribution >= 4 is 5.91 Å². The Bertz CT molecular complexity index is 542. The van der Waals surface area contributed by atoms with E-state index in [0.717, 1.165) is 12.1 Å². The Morgan fingerprint density at radius 3 is 2.78 bits per heavy atom. The van der Waals surface area contributed by atoms with E-state index in [1.165, 1.54) is 6.07 Å². The zero-order valence-corrected chi connectivity index (χ0v) is 13.2. The predicted molar refractivity (Wildman–Crippen MR) is 79.9 cm³/mol. The first kappa shape index (κ1) is 17.7. The van der Waals surface area contributed by atoms with Gasteiger partial charge in [-0.25, -0.2) is 0 Å². The predicted octanol–water partition coefficient (Wildman–Crippen LogP) is 2.60. The fourth-order valence-electron chi connectivity index (χ4n) is 2.68. The lowest BCUT2D eigenvalue weighted by Crippen LogP contribution is -2.50.